The second-order valence-electron chi connectivity index (χ2n) is 13.9. The highest BCUT2D eigenvalue weighted by Gasteiger charge is 2.35. The van der Waals surface area contributed by atoms with Crippen molar-refractivity contribution in [2.45, 2.75) is 70.4 Å². The lowest BCUT2D eigenvalue weighted by molar-refractivity contribution is -0.116. The number of ether oxygens (including phenoxy) is 2. The summed E-state index contributed by atoms with van der Waals surface area (Å²) in [6.45, 7) is 10.7. The largest absolute Gasteiger partial charge is 0.497 e. The summed E-state index contributed by atoms with van der Waals surface area (Å²) >= 11 is 2.85. The molecule has 0 radical (unpaired) electrons. The van der Waals surface area contributed by atoms with E-state index in [1.54, 1.807) is 86.8 Å². The van der Waals surface area contributed by atoms with Crippen LogP contribution < -0.4 is 20.7 Å². The Bertz CT molecular complexity index is 1980. The lowest BCUT2D eigenvalue weighted by Gasteiger charge is -2.33. The van der Waals surface area contributed by atoms with Gasteiger partial charge >= 0.3 is 5.97 Å². The number of carbonyl (C=O) groups is 4. The molecular weight excluding hydrogens is 707 g/mol. The first-order chi connectivity index (χ1) is 25.4. The monoisotopic (exact) mass is 753 g/mol. The summed E-state index contributed by atoms with van der Waals surface area (Å²) in [6.07, 6.45) is 4.73. The predicted octanol–water partition coefficient (Wildman–Crippen LogP) is 9.00. The summed E-state index contributed by atoms with van der Waals surface area (Å²) in [5.41, 5.74) is 3.21. The first kappa shape index (κ1) is 39.3. The zero-order chi connectivity index (χ0) is 38.1. The molecule has 278 valence electrons. The van der Waals surface area contributed by atoms with E-state index in [9.17, 15) is 19.2 Å². The molecule has 1 aliphatic rings. The van der Waals surface area contributed by atoms with Crippen LogP contribution in [0.25, 0.3) is 6.08 Å². The quantitative estimate of drug-likeness (QED) is 0.0708. The van der Waals surface area contributed by atoms with Gasteiger partial charge in [-0.05, 0) is 104 Å². The van der Waals surface area contributed by atoms with Crippen molar-refractivity contribution in [3.05, 3.63) is 112 Å². The van der Waals surface area contributed by atoms with Crippen LogP contribution in [0.5, 0.6) is 5.75 Å². The highest BCUT2D eigenvalue weighted by molar-refractivity contribution is 8.00. The first-order valence-electron chi connectivity index (χ1n) is 17.8. The molecule has 4 aromatic rings. The molecule has 0 aliphatic heterocycles. The molecule has 2 atom stereocenters. The Hall–Kier alpha value is -4.87. The van der Waals surface area contributed by atoms with Crippen molar-refractivity contribution in [1.82, 2.24) is 5.32 Å². The van der Waals surface area contributed by atoms with Gasteiger partial charge in [0.2, 0.25) is 5.91 Å². The molecule has 0 bridgehead atoms. The Morgan fingerprint density at radius 3 is 2.42 bits per heavy atom. The number of thiophene rings is 1. The Morgan fingerprint density at radius 1 is 0.962 bits per heavy atom. The molecule has 11 heteroatoms. The Balaban J connectivity index is 1.33. The zero-order valence-corrected chi connectivity index (χ0v) is 32.7. The minimum absolute atomic E-state index is 0.0424. The van der Waals surface area contributed by atoms with Gasteiger partial charge in [0.15, 0.2) is 0 Å². The summed E-state index contributed by atoms with van der Waals surface area (Å²) in [6, 6.07) is 23.0. The third-order valence-electron chi connectivity index (χ3n) is 9.17. The topological polar surface area (TPSA) is 123 Å². The van der Waals surface area contributed by atoms with Crippen LogP contribution in [-0.2, 0) is 27.2 Å². The van der Waals surface area contributed by atoms with Gasteiger partial charge in [-0.15, -0.1) is 23.1 Å². The standard InChI is InChI=1S/C42H47N3O6S2/c1-7-34(39(48)45-40-36(41(49)51-8-2)32-21-20-28(42(3,4)5)24-35(32)53-40)52-31-19-13-17-29(25-31)43-38(47)33(23-26-14-12-18-30(22-26)50-6)44-37(46)27-15-10-9-11-16-27/h9-19,22-23,25,28,34H,7-8,20-21,24H2,1-6H3,(H,43,47)(H,44,46)(H,45,48)/b33-23-. The minimum Gasteiger partial charge on any atom is -0.497 e. The van der Waals surface area contributed by atoms with E-state index in [1.165, 1.54) is 23.1 Å². The normalized spacial score (nSPS) is 14.8. The number of anilines is 2. The fraction of sp³-hybridized carbons (Fsp3) is 0.333. The number of fused-ring (bicyclic) bond motifs is 1. The average molecular weight is 754 g/mol. The number of amides is 3. The predicted molar refractivity (Wildman–Crippen MR) is 214 cm³/mol. The number of esters is 1. The smallest absolute Gasteiger partial charge is 0.341 e. The van der Waals surface area contributed by atoms with Crippen LogP contribution in [0.2, 0.25) is 0 Å². The average Bonchev–Trinajstić information content (AvgIpc) is 3.51. The van der Waals surface area contributed by atoms with Crippen molar-refractivity contribution in [2.75, 3.05) is 24.4 Å². The third-order valence-corrected chi connectivity index (χ3v) is 11.7. The molecule has 3 aromatic carbocycles. The van der Waals surface area contributed by atoms with Crippen LogP contribution >= 0.6 is 23.1 Å². The molecule has 1 heterocycles. The Kier molecular flexibility index (Phi) is 13.2. The van der Waals surface area contributed by atoms with E-state index in [-0.39, 0.29) is 23.6 Å². The highest BCUT2D eigenvalue weighted by Crippen LogP contribution is 2.45. The van der Waals surface area contributed by atoms with Crippen molar-refractivity contribution in [3.63, 3.8) is 0 Å². The highest BCUT2D eigenvalue weighted by atomic mass is 32.2. The first-order valence-corrected chi connectivity index (χ1v) is 19.5. The van der Waals surface area contributed by atoms with E-state index in [2.05, 4.69) is 36.7 Å². The van der Waals surface area contributed by atoms with E-state index in [0.717, 1.165) is 34.6 Å². The van der Waals surface area contributed by atoms with E-state index in [0.29, 0.717) is 45.5 Å². The molecule has 1 aliphatic carbocycles. The molecule has 3 N–H and O–H groups in total. The second kappa shape index (κ2) is 17.8. The third kappa shape index (κ3) is 10.2. The van der Waals surface area contributed by atoms with Crippen molar-refractivity contribution in [2.24, 2.45) is 11.3 Å². The minimum atomic E-state index is -0.522. The van der Waals surface area contributed by atoms with Crippen molar-refractivity contribution < 1.29 is 28.7 Å². The Labute approximate surface area is 319 Å². The lowest BCUT2D eigenvalue weighted by Crippen LogP contribution is -2.30. The van der Waals surface area contributed by atoms with E-state index in [1.807, 2.05) is 19.1 Å². The number of thioether (sulfide) groups is 1. The number of carbonyl (C=O) groups excluding carboxylic acids is 4. The molecule has 9 nitrogen and oxygen atoms in total. The lowest BCUT2D eigenvalue weighted by atomic mass is 9.72. The molecule has 0 fully saturated rings. The van der Waals surface area contributed by atoms with Gasteiger partial charge in [0.25, 0.3) is 11.8 Å². The van der Waals surface area contributed by atoms with Crippen molar-refractivity contribution in [3.8, 4) is 5.75 Å². The van der Waals surface area contributed by atoms with Crippen LogP contribution in [-0.4, -0.2) is 42.7 Å². The number of benzene rings is 3. The maximum Gasteiger partial charge on any atom is 0.341 e. The molecule has 2 unspecified atom stereocenters. The maximum atomic E-state index is 13.8. The number of hydrogen-bond acceptors (Lipinski definition) is 8. The molecule has 3 amide bonds. The number of nitrogens with one attached hydrogen (secondary N) is 3. The molecule has 0 spiro atoms. The van der Waals surface area contributed by atoms with Gasteiger partial charge < -0.3 is 25.4 Å². The molecule has 53 heavy (non-hydrogen) atoms. The zero-order valence-electron chi connectivity index (χ0n) is 31.0. The second-order valence-corrected chi connectivity index (χ2v) is 16.3. The molecule has 0 saturated carbocycles. The maximum absolute atomic E-state index is 13.8. The van der Waals surface area contributed by atoms with Gasteiger partial charge in [0.1, 0.15) is 16.4 Å². The van der Waals surface area contributed by atoms with Gasteiger partial charge in [-0.2, -0.15) is 0 Å². The summed E-state index contributed by atoms with van der Waals surface area (Å²) < 4.78 is 10.8. The number of methoxy groups -OCH3 is 1. The molecule has 1 aromatic heterocycles. The van der Waals surface area contributed by atoms with Crippen LogP contribution in [0, 0.1) is 11.3 Å². The van der Waals surface area contributed by atoms with E-state index in [4.69, 9.17) is 9.47 Å². The van der Waals surface area contributed by atoms with Crippen LogP contribution in [0.15, 0.2) is 89.5 Å². The molecule has 0 saturated heterocycles. The molecular formula is C42H47N3O6S2. The van der Waals surface area contributed by atoms with Gasteiger partial charge in [-0.25, -0.2) is 4.79 Å². The Morgan fingerprint density at radius 2 is 1.72 bits per heavy atom. The molecule has 5 rings (SSSR count). The van der Waals surface area contributed by atoms with Crippen molar-refractivity contribution >= 4 is 63.6 Å². The van der Waals surface area contributed by atoms with Gasteiger partial charge in [-0.1, -0.05) is 64.1 Å². The van der Waals surface area contributed by atoms with Gasteiger partial charge in [-0.3, -0.25) is 14.4 Å². The van der Waals surface area contributed by atoms with Crippen molar-refractivity contribution in [1.29, 1.82) is 0 Å². The van der Waals surface area contributed by atoms with Crippen LogP contribution in [0.1, 0.15) is 84.2 Å². The summed E-state index contributed by atoms with van der Waals surface area (Å²) in [5, 5.41) is 8.82. The van der Waals surface area contributed by atoms with Crippen LogP contribution in [0.4, 0.5) is 10.7 Å². The van der Waals surface area contributed by atoms with E-state index < -0.39 is 23.0 Å². The van der Waals surface area contributed by atoms with Crippen LogP contribution in [0.3, 0.4) is 0 Å². The number of hydrogen-bond donors (Lipinski definition) is 3. The SMILES string of the molecule is CCOC(=O)c1c(NC(=O)C(CC)Sc2cccc(NC(=O)/C(=C/c3cccc(OC)c3)NC(=O)c3ccccc3)c2)sc2c1CCC(C(C)(C)C)C2. The summed E-state index contributed by atoms with van der Waals surface area (Å²) in [5.74, 6) is -0.479. The van der Waals surface area contributed by atoms with E-state index >= 15 is 0 Å². The fourth-order valence-corrected chi connectivity index (χ4v) is 8.53. The van der Waals surface area contributed by atoms with Gasteiger partial charge in [0.05, 0.1) is 24.5 Å². The fourth-order valence-electron chi connectivity index (χ4n) is 6.20. The van der Waals surface area contributed by atoms with Gasteiger partial charge in [0, 0.05) is 21.0 Å². The summed E-state index contributed by atoms with van der Waals surface area (Å²) in [4.78, 5) is 55.7. The summed E-state index contributed by atoms with van der Waals surface area (Å²) in [7, 11) is 1.56. The number of rotatable bonds is 13.